The van der Waals surface area contributed by atoms with E-state index in [0.717, 1.165) is 32.1 Å². The third-order valence-electron chi connectivity index (χ3n) is 12.4. The Kier molecular flexibility index (Phi) is 5.71. The molecule has 0 aliphatic heterocycles. The molecular formula is C29H46O6. The van der Waals surface area contributed by atoms with Gasteiger partial charge in [0.2, 0.25) is 0 Å². The molecule has 1 unspecified atom stereocenters. The average Bonchev–Trinajstić information content (AvgIpc) is 2.77. The molecule has 6 heteroatoms. The lowest BCUT2D eigenvalue weighted by Gasteiger charge is -2.69. The predicted octanol–water partition coefficient (Wildman–Crippen LogP) is 3.76. The van der Waals surface area contributed by atoms with E-state index in [1.54, 1.807) is 0 Å². The molecule has 0 saturated heterocycles. The summed E-state index contributed by atoms with van der Waals surface area (Å²) >= 11 is 0. The quantitative estimate of drug-likeness (QED) is 0.376. The van der Waals surface area contributed by atoms with Crippen molar-refractivity contribution in [2.45, 2.75) is 104 Å². The normalized spacial score (nSPS) is 55.0. The minimum absolute atomic E-state index is 0.0417. The molecule has 5 N–H and O–H groups in total. The fraction of sp³-hybridized carbons (Fsp3) is 0.897. The van der Waals surface area contributed by atoms with Crippen LogP contribution in [0.25, 0.3) is 0 Å². The van der Waals surface area contributed by atoms with Crippen molar-refractivity contribution in [1.29, 1.82) is 0 Å². The Morgan fingerprint density at radius 1 is 0.943 bits per heavy atom. The van der Waals surface area contributed by atoms with Crippen molar-refractivity contribution in [1.82, 2.24) is 0 Å². The van der Waals surface area contributed by atoms with Gasteiger partial charge >= 0.3 is 5.97 Å². The minimum Gasteiger partial charge on any atom is -0.481 e. The molecule has 5 aliphatic carbocycles. The first-order valence-electron chi connectivity index (χ1n) is 13.8. The van der Waals surface area contributed by atoms with Crippen LogP contribution >= 0.6 is 0 Å². The van der Waals surface area contributed by atoms with Gasteiger partial charge in [-0.3, -0.25) is 4.79 Å². The molecule has 35 heavy (non-hydrogen) atoms. The second-order valence-electron chi connectivity index (χ2n) is 14.5. The number of aliphatic carboxylic acids is 1. The van der Waals surface area contributed by atoms with E-state index in [9.17, 15) is 30.3 Å². The van der Waals surface area contributed by atoms with Crippen LogP contribution in [0.1, 0.15) is 86.0 Å². The molecule has 0 heterocycles. The summed E-state index contributed by atoms with van der Waals surface area (Å²) in [5.74, 6) is -0.564. The van der Waals surface area contributed by atoms with Crippen molar-refractivity contribution in [3.05, 3.63) is 11.6 Å². The fourth-order valence-corrected chi connectivity index (χ4v) is 10.5. The van der Waals surface area contributed by atoms with Crippen LogP contribution in [0, 0.1) is 50.7 Å². The molecule has 11 atom stereocenters. The summed E-state index contributed by atoms with van der Waals surface area (Å²) in [5, 5.41) is 54.1. The van der Waals surface area contributed by atoms with Gasteiger partial charge in [0.15, 0.2) is 0 Å². The maximum Gasteiger partial charge on any atom is 0.312 e. The molecule has 0 aromatic heterocycles. The van der Waals surface area contributed by atoms with E-state index in [-0.39, 0.29) is 46.5 Å². The van der Waals surface area contributed by atoms with Crippen LogP contribution < -0.4 is 0 Å². The smallest absolute Gasteiger partial charge is 0.312 e. The summed E-state index contributed by atoms with van der Waals surface area (Å²) in [6.07, 6.45) is 5.31. The number of hydrogen-bond donors (Lipinski definition) is 5. The summed E-state index contributed by atoms with van der Waals surface area (Å²) in [4.78, 5) is 12.7. The molecule has 4 fully saturated rings. The predicted molar refractivity (Wildman–Crippen MR) is 132 cm³/mol. The number of carboxylic acid groups (broad SMARTS) is 1. The molecule has 5 aliphatic rings. The van der Waals surface area contributed by atoms with Gasteiger partial charge in [-0.15, -0.1) is 0 Å². The zero-order valence-corrected chi connectivity index (χ0v) is 22.1. The topological polar surface area (TPSA) is 118 Å². The highest BCUT2D eigenvalue weighted by atomic mass is 16.4. The van der Waals surface area contributed by atoms with E-state index in [2.05, 4.69) is 33.8 Å². The summed E-state index contributed by atoms with van der Waals surface area (Å²) in [5.41, 5.74) is -0.935. The van der Waals surface area contributed by atoms with Gasteiger partial charge in [-0.05, 0) is 91.3 Å². The Labute approximate surface area is 209 Å². The Morgan fingerprint density at radius 3 is 2.26 bits per heavy atom. The molecule has 0 aromatic carbocycles. The van der Waals surface area contributed by atoms with Crippen LogP contribution in [-0.2, 0) is 4.79 Å². The monoisotopic (exact) mass is 490 g/mol. The van der Waals surface area contributed by atoms with Gasteiger partial charge in [0.25, 0.3) is 0 Å². The van der Waals surface area contributed by atoms with Gasteiger partial charge in [-0.1, -0.05) is 46.3 Å². The second-order valence-corrected chi connectivity index (χ2v) is 14.5. The third kappa shape index (κ3) is 3.18. The fourth-order valence-electron chi connectivity index (χ4n) is 10.5. The second kappa shape index (κ2) is 7.78. The maximum absolute atomic E-state index is 12.7. The van der Waals surface area contributed by atoms with Crippen LogP contribution in [0.3, 0.4) is 0 Å². The first-order valence-corrected chi connectivity index (χ1v) is 13.8. The SMILES string of the molecule is CC1(C)CC[C@]2(C(=O)O)[C@H](O)CC3C(=CC[C@@H]4[C@@]5(C)C[C@H](O)[C@H](O)[C@@](C)(CO)[C@@H]5CC[C@@]34C)[C@@H]2C1. The first-order chi connectivity index (χ1) is 16.2. The summed E-state index contributed by atoms with van der Waals surface area (Å²) in [6.45, 7) is 10.8. The number of carboxylic acids is 1. The molecule has 5 rings (SSSR count). The van der Waals surface area contributed by atoms with E-state index >= 15 is 0 Å². The molecule has 0 aromatic rings. The minimum atomic E-state index is -1.09. The zero-order chi connectivity index (χ0) is 25.8. The van der Waals surface area contributed by atoms with E-state index in [1.165, 1.54) is 5.57 Å². The molecule has 198 valence electrons. The standard InChI is InChI=1S/C29H46O6/c1-25(2)10-11-29(24(34)35)18(13-25)16-6-7-20-26(3,17(16)12-22(29)32)9-8-21-27(20,4)14-19(31)23(33)28(21,5)15-30/h6,17-23,30-33H,7-15H2,1-5H3,(H,34,35)/t17?,18-,19-,20-,21+,22+,23-,26-,27+,28-,29+/m0/s1. The number of carbonyl (C=O) groups is 1. The molecular weight excluding hydrogens is 444 g/mol. The highest BCUT2D eigenvalue weighted by Crippen LogP contribution is 2.72. The van der Waals surface area contributed by atoms with Gasteiger partial charge in [-0.2, -0.15) is 0 Å². The molecule has 0 spiro atoms. The molecule has 0 radical (unpaired) electrons. The summed E-state index contributed by atoms with van der Waals surface area (Å²) in [7, 11) is 0. The average molecular weight is 491 g/mol. The van der Waals surface area contributed by atoms with Gasteiger partial charge in [-0.25, -0.2) is 0 Å². The van der Waals surface area contributed by atoms with Crippen LogP contribution in [0.2, 0.25) is 0 Å². The van der Waals surface area contributed by atoms with Crippen molar-refractivity contribution in [2.75, 3.05) is 6.61 Å². The van der Waals surface area contributed by atoms with Crippen molar-refractivity contribution in [2.24, 2.45) is 50.7 Å². The van der Waals surface area contributed by atoms with Crippen molar-refractivity contribution < 1.29 is 30.3 Å². The number of allylic oxidation sites excluding steroid dienone is 2. The van der Waals surface area contributed by atoms with Gasteiger partial charge < -0.3 is 25.5 Å². The Morgan fingerprint density at radius 2 is 1.63 bits per heavy atom. The lowest BCUT2D eigenvalue weighted by Crippen LogP contribution is -2.67. The Hall–Kier alpha value is -0.950. The van der Waals surface area contributed by atoms with Crippen molar-refractivity contribution >= 4 is 5.97 Å². The number of hydrogen-bond acceptors (Lipinski definition) is 5. The molecule has 0 amide bonds. The Balaban J connectivity index is 1.59. The molecule has 6 nitrogen and oxygen atoms in total. The number of aliphatic hydroxyl groups is 4. The zero-order valence-electron chi connectivity index (χ0n) is 22.1. The number of aliphatic hydroxyl groups excluding tert-OH is 4. The van der Waals surface area contributed by atoms with E-state index < -0.39 is 35.1 Å². The van der Waals surface area contributed by atoms with Crippen LogP contribution in [0.5, 0.6) is 0 Å². The number of rotatable bonds is 2. The third-order valence-corrected chi connectivity index (χ3v) is 12.4. The van der Waals surface area contributed by atoms with E-state index in [0.29, 0.717) is 19.3 Å². The maximum atomic E-state index is 12.7. The molecule has 0 bridgehead atoms. The van der Waals surface area contributed by atoms with Crippen LogP contribution in [-0.4, -0.2) is 56.4 Å². The summed E-state index contributed by atoms with van der Waals surface area (Å²) in [6, 6.07) is 0. The lowest BCUT2D eigenvalue weighted by molar-refractivity contribution is -0.237. The van der Waals surface area contributed by atoms with Gasteiger partial charge in [0.1, 0.15) is 5.41 Å². The van der Waals surface area contributed by atoms with E-state index in [4.69, 9.17) is 0 Å². The highest BCUT2D eigenvalue weighted by Gasteiger charge is 2.69. The van der Waals surface area contributed by atoms with Gasteiger partial charge in [0.05, 0.1) is 24.9 Å². The van der Waals surface area contributed by atoms with E-state index in [1.807, 2.05) is 6.92 Å². The Bertz CT molecular complexity index is 928. The highest BCUT2D eigenvalue weighted by molar-refractivity contribution is 5.77. The van der Waals surface area contributed by atoms with Gasteiger partial charge in [0, 0.05) is 5.41 Å². The largest absolute Gasteiger partial charge is 0.481 e. The summed E-state index contributed by atoms with van der Waals surface area (Å²) < 4.78 is 0. The lowest BCUT2D eigenvalue weighted by atomic mass is 9.36. The first kappa shape index (κ1) is 25.7. The molecule has 4 saturated carbocycles. The van der Waals surface area contributed by atoms with Crippen LogP contribution in [0.4, 0.5) is 0 Å². The number of fused-ring (bicyclic) bond motifs is 7. The van der Waals surface area contributed by atoms with Crippen LogP contribution in [0.15, 0.2) is 11.6 Å². The van der Waals surface area contributed by atoms with Crippen molar-refractivity contribution in [3.8, 4) is 0 Å². The van der Waals surface area contributed by atoms with Crippen molar-refractivity contribution in [3.63, 3.8) is 0 Å².